The molecule has 1 aromatic rings. The molecule has 0 aromatic carbocycles. The molecule has 2 aliphatic rings. The van der Waals surface area contributed by atoms with E-state index < -0.39 is 50.0 Å². The maximum atomic E-state index is 13.3. The molecule has 3 heterocycles. The van der Waals surface area contributed by atoms with Crippen molar-refractivity contribution in [2.75, 3.05) is 11.5 Å². The minimum absolute atomic E-state index is 0.0864. The van der Waals surface area contributed by atoms with E-state index in [1.165, 1.54) is 23.1 Å². The fourth-order valence-electron chi connectivity index (χ4n) is 3.42. The van der Waals surface area contributed by atoms with Gasteiger partial charge in [0.05, 0.1) is 11.4 Å². The summed E-state index contributed by atoms with van der Waals surface area (Å²) in [6.45, 7) is 11.9. The third-order valence-corrected chi connectivity index (χ3v) is 8.84. The van der Waals surface area contributed by atoms with Crippen molar-refractivity contribution >= 4 is 50.7 Å². The van der Waals surface area contributed by atoms with Crippen LogP contribution in [0.2, 0.25) is 0 Å². The quantitative estimate of drug-likeness (QED) is 0.462. The molecule has 13 heteroatoms. The van der Waals surface area contributed by atoms with Crippen LogP contribution < -0.4 is 5.32 Å². The van der Waals surface area contributed by atoms with Gasteiger partial charge in [0.2, 0.25) is 0 Å². The van der Waals surface area contributed by atoms with E-state index in [-0.39, 0.29) is 17.2 Å². The van der Waals surface area contributed by atoms with Gasteiger partial charge in [0.1, 0.15) is 16.7 Å². The summed E-state index contributed by atoms with van der Waals surface area (Å²) in [5.41, 5.74) is -1.24. The van der Waals surface area contributed by atoms with E-state index in [2.05, 4.69) is 15.5 Å². The summed E-state index contributed by atoms with van der Waals surface area (Å²) in [6, 6.07) is -1.31. The van der Waals surface area contributed by atoms with Crippen molar-refractivity contribution in [1.82, 2.24) is 20.4 Å². The van der Waals surface area contributed by atoms with Crippen LogP contribution in [0.4, 0.5) is 4.79 Å². The number of hydrogen-bond acceptors (Lipinski definition) is 10. The minimum Gasteiger partial charge on any atom is -0.444 e. The molecule has 182 valence electrons. The number of Topliss-reactive ketones (excluding diaryl/α,β-unsaturated/α-hetero) is 1. The average Bonchev–Trinajstić information content (AvgIpc) is 3.06. The molecule has 0 bridgehead atoms. The van der Waals surface area contributed by atoms with Gasteiger partial charge in [-0.05, 0) is 33.3 Å². The highest BCUT2D eigenvalue weighted by Crippen LogP contribution is 2.41. The normalized spacial score (nSPS) is 22.5. The summed E-state index contributed by atoms with van der Waals surface area (Å²) < 4.78 is 32.1. The molecular weight excluding hydrogens is 488 g/mol. The first-order chi connectivity index (χ1) is 15.0. The van der Waals surface area contributed by atoms with Crippen molar-refractivity contribution in [2.45, 2.75) is 69.8 Å². The zero-order valence-electron chi connectivity index (χ0n) is 19.6. The van der Waals surface area contributed by atoms with Crippen LogP contribution in [0.15, 0.2) is 15.6 Å². The standard InChI is InChI=1S/C20H28N4O6S3/c1-10-22-23-18(32-10)31-8-11-9-33(28,29)16-12(21-17(27)30-20(5,6)7)15(26)24(16)13(11)14(25)19(2,3)4/h12,16H,8-9H2,1-7H3,(H,21,27)/t12-,16-/m1/s1. The molecule has 10 nitrogen and oxygen atoms in total. The van der Waals surface area contributed by atoms with Gasteiger partial charge in [0, 0.05) is 11.2 Å². The summed E-state index contributed by atoms with van der Waals surface area (Å²) >= 11 is 2.63. The van der Waals surface area contributed by atoms with Crippen LogP contribution in [0, 0.1) is 12.3 Å². The number of sulfone groups is 1. The van der Waals surface area contributed by atoms with Crippen molar-refractivity contribution in [3.63, 3.8) is 0 Å². The van der Waals surface area contributed by atoms with Gasteiger partial charge in [-0.2, -0.15) is 0 Å². The number of fused-ring (bicyclic) bond motifs is 1. The molecule has 0 saturated carbocycles. The SMILES string of the molecule is Cc1nnc(SCC2=C(C(=O)C(C)(C)C)N3C(=O)[C@@H](NC(=O)OC(C)(C)C)[C@H]3S(=O)(=O)C2)s1. The molecule has 1 aromatic heterocycles. The number of ether oxygens (including phenoxy) is 1. The summed E-state index contributed by atoms with van der Waals surface area (Å²) in [7, 11) is -3.88. The fraction of sp³-hybridized carbons (Fsp3) is 0.650. The first-order valence-corrected chi connectivity index (χ1v) is 13.8. The number of ketones is 1. The predicted octanol–water partition coefficient (Wildman–Crippen LogP) is 2.30. The van der Waals surface area contributed by atoms with Crippen molar-refractivity contribution in [2.24, 2.45) is 5.41 Å². The molecule has 2 aliphatic heterocycles. The molecule has 0 aliphatic carbocycles. The van der Waals surface area contributed by atoms with Crippen molar-refractivity contribution in [3.05, 3.63) is 16.3 Å². The van der Waals surface area contributed by atoms with Crippen molar-refractivity contribution in [1.29, 1.82) is 0 Å². The number of hydrogen-bond donors (Lipinski definition) is 1. The molecule has 1 N–H and O–H groups in total. The number of nitrogens with one attached hydrogen (secondary N) is 1. The zero-order valence-corrected chi connectivity index (χ0v) is 22.0. The number of β-lactam (4-membered cyclic amide) rings is 1. The lowest BCUT2D eigenvalue weighted by Gasteiger charge is -2.50. The molecule has 33 heavy (non-hydrogen) atoms. The minimum atomic E-state index is -3.88. The summed E-state index contributed by atoms with van der Waals surface area (Å²) in [5.74, 6) is -1.21. The predicted molar refractivity (Wildman–Crippen MR) is 124 cm³/mol. The van der Waals surface area contributed by atoms with Crippen LogP contribution in [0.1, 0.15) is 46.6 Å². The number of allylic oxidation sites excluding steroid dienone is 1. The Balaban J connectivity index is 1.95. The van der Waals surface area contributed by atoms with Gasteiger partial charge >= 0.3 is 6.09 Å². The van der Waals surface area contributed by atoms with E-state index in [1.807, 2.05) is 6.92 Å². The molecule has 0 unspecified atom stereocenters. The van der Waals surface area contributed by atoms with Crippen LogP contribution in [-0.2, 0) is 24.2 Å². The molecule has 3 rings (SSSR count). The van der Waals surface area contributed by atoms with Gasteiger partial charge in [-0.1, -0.05) is 43.9 Å². The van der Waals surface area contributed by atoms with Gasteiger partial charge in [0.15, 0.2) is 25.3 Å². The lowest BCUT2D eigenvalue weighted by Crippen LogP contribution is -2.75. The lowest BCUT2D eigenvalue weighted by atomic mass is 9.85. The summed E-state index contributed by atoms with van der Waals surface area (Å²) in [6.07, 6.45) is -0.892. The second-order valence-electron chi connectivity index (χ2n) is 9.94. The summed E-state index contributed by atoms with van der Waals surface area (Å²) in [5, 5.41) is 9.75. The van der Waals surface area contributed by atoms with Crippen molar-refractivity contribution in [3.8, 4) is 0 Å². The van der Waals surface area contributed by atoms with Crippen LogP contribution in [-0.4, -0.2) is 69.8 Å². The topological polar surface area (TPSA) is 136 Å². The highest BCUT2D eigenvalue weighted by molar-refractivity contribution is 8.01. The second-order valence-corrected chi connectivity index (χ2v) is 14.4. The van der Waals surface area contributed by atoms with Crippen LogP contribution in [0.25, 0.3) is 0 Å². The largest absolute Gasteiger partial charge is 0.444 e. The van der Waals surface area contributed by atoms with Gasteiger partial charge in [-0.3, -0.25) is 14.5 Å². The number of amides is 2. The molecule has 1 fully saturated rings. The number of carbonyl (C=O) groups is 3. The number of rotatable bonds is 5. The van der Waals surface area contributed by atoms with E-state index in [1.54, 1.807) is 41.5 Å². The molecule has 1 saturated heterocycles. The van der Waals surface area contributed by atoms with Crippen LogP contribution in [0.5, 0.6) is 0 Å². The number of aryl methyl sites for hydroxylation is 1. The first-order valence-electron chi connectivity index (χ1n) is 10.2. The summed E-state index contributed by atoms with van der Waals surface area (Å²) in [4.78, 5) is 39.6. The van der Waals surface area contributed by atoms with E-state index in [0.29, 0.717) is 9.91 Å². The highest BCUT2D eigenvalue weighted by atomic mass is 32.2. The monoisotopic (exact) mass is 516 g/mol. The number of aromatic nitrogens is 2. The molecule has 0 spiro atoms. The Morgan fingerprint density at radius 1 is 1.21 bits per heavy atom. The van der Waals surface area contributed by atoms with Gasteiger partial charge in [0.25, 0.3) is 5.91 Å². The second kappa shape index (κ2) is 8.66. The maximum Gasteiger partial charge on any atom is 0.408 e. The first kappa shape index (κ1) is 25.6. The van der Waals surface area contributed by atoms with Crippen molar-refractivity contribution < 1.29 is 27.5 Å². The van der Waals surface area contributed by atoms with Crippen LogP contribution >= 0.6 is 23.1 Å². The zero-order chi connectivity index (χ0) is 24.9. The third kappa shape index (κ3) is 5.40. The smallest absolute Gasteiger partial charge is 0.408 e. The van der Waals surface area contributed by atoms with Crippen LogP contribution in [0.3, 0.4) is 0 Å². The van der Waals surface area contributed by atoms with Gasteiger partial charge in [-0.15, -0.1) is 10.2 Å². The Labute approximate surface area is 201 Å². The Hall–Kier alpha value is -1.99. The van der Waals surface area contributed by atoms with E-state index in [9.17, 15) is 22.8 Å². The number of carbonyl (C=O) groups excluding carboxylic acids is 3. The molecule has 0 radical (unpaired) electrons. The molecule has 2 atom stereocenters. The highest BCUT2D eigenvalue weighted by Gasteiger charge is 2.61. The Bertz CT molecular complexity index is 1130. The maximum absolute atomic E-state index is 13.3. The Morgan fingerprint density at radius 2 is 1.85 bits per heavy atom. The number of thioether (sulfide) groups is 1. The Morgan fingerprint density at radius 3 is 2.36 bits per heavy atom. The molecule has 2 amide bonds. The fourth-order valence-corrected chi connectivity index (χ4v) is 7.40. The van der Waals surface area contributed by atoms with E-state index >= 15 is 0 Å². The Kier molecular flexibility index (Phi) is 6.72. The number of nitrogens with zero attached hydrogens (tertiary/aromatic N) is 3. The van der Waals surface area contributed by atoms with E-state index in [0.717, 1.165) is 9.91 Å². The average molecular weight is 517 g/mol. The number of alkyl carbamates (subject to hydrolysis) is 1. The lowest BCUT2D eigenvalue weighted by molar-refractivity contribution is -0.146. The van der Waals surface area contributed by atoms with Gasteiger partial charge in [-0.25, -0.2) is 13.2 Å². The van der Waals surface area contributed by atoms with Gasteiger partial charge < -0.3 is 10.1 Å². The third-order valence-electron chi connectivity index (χ3n) is 4.81. The van der Waals surface area contributed by atoms with E-state index in [4.69, 9.17) is 4.74 Å². The molecular formula is C20H28N4O6S3.